The summed E-state index contributed by atoms with van der Waals surface area (Å²) < 4.78 is 0. The highest BCUT2D eigenvalue weighted by atomic mass is 16.3. The summed E-state index contributed by atoms with van der Waals surface area (Å²) >= 11 is 0. The number of carbonyl (C=O) groups is 1. The Kier molecular flexibility index (Phi) is 4.54. The first kappa shape index (κ1) is 12.5. The fraction of sp³-hybridized carbons (Fsp3) is 0.909. The van der Waals surface area contributed by atoms with Crippen molar-refractivity contribution < 1.29 is 9.90 Å². The van der Waals surface area contributed by atoms with Crippen molar-refractivity contribution in [1.29, 1.82) is 0 Å². The van der Waals surface area contributed by atoms with E-state index in [-0.39, 0.29) is 12.5 Å². The van der Waals surface area contributed by atoms with Gasteiger partial charge < -0.3 is 15.3 Å². The molecule has 0 radical (unpaired) electrons. The van der Waals surface area contributed by atoms with Crippen LogP contribution in [0.4, 0.5) is 0 Å². The summed E-state index contributed by atoms with van der Waals surface area (Å²) in [5, 5.41) is 12.1. The fourth-order valence-electron chi connectivity index (χ4n) is 1.85. The van der Waals surface area contributed by atoms with Crippen LogP contribution < -0.4 is 5.32 Å². The number of nitrogens with one attached hydrogen (secondary N) is 1. The molecule has 0 atom stereocenters. The van der Waals surface area contributed by atoms with Gasteiger partial charge in [0, 0.05) is 6.54 Å². The SMILES string of the molecule is CN(C)CCCNC(=O)C1(CO)CCC1. The van der Waals surface area contributed by atoms with Crippen molar-refractivity contribution in [3.05, 3.63) is 0 Å². The average molecular weight is 214 g/mol. The van der Waals surface area contributed by atoms with Crippen LogP contribution in [0.5, 0.6) is 0 Å². The zero-order valence-electron chi connectivity index (χ0n) is 9.75. The number of aliphatic hydroxyl groups excluding tert-OH is 1. The topological polar surface area (TPSA) is 52.6 Å². The lowest BCUT2D eigenvalue weighted by Gasteiger charge is -2.38. The Balaban J connectivity index is 2.18. The van der Waals surface area contributed by atoms with Gasteiger partial charge in [-0.25, -0.2) is 0 Å². The van der Waals surface area contributed by atoms with Crippen molar-refractivity contribution in [2.75, 3.05) is 33.8 Å². The Morgan fingerprint density at radius 1 is 1.47 bits per heavy atom. The molecule has 0 aromatic carbocycles. The number of carbonyl (C=O) groups excluding carboxylic acids is 1. The molecule has 1 fully saturated rings. The summed E-state index contributed by atoms with van der Waals surface area (Å²) in [6.45, 7) is 1.68. The highest BCUT2D eigenvalue weighted by Crippen LogP contribution is 2.40. The molecule has 1 saturated carbocycles. The van der Waals surface area contributed by atoms with Gasteiger partial charge in [-0.1, -0.05) is 6.42 Å². The third-order valence-electron chi connectivity index (χ3n) is 3.16. The first-order chi connectivity index (χ1) is 7.10. The third kappa shape index (κ3) is 3.18. The van der Waals surface area contributed by atoms with Crippen molar-refractivity contribution in [2.24, 2.45) is 5.41 Å². The Labute approximate surface area is 91.6 Å². The van der Waals surface area contributed by atoms with Crippen molar-refractivity contribution in [2.45, 2.75) is 25.7 Å². The molecular weight excluding hydrogens is 192 g/mol. The highest BCUT2D eigenvalue weighted by Gasteiger charge is 2.43. The number of amides is 1. The standard InChI is InChI=1S/C11H22N2O2/c1-13(2)8-4-7-12-10(15)11(9-14)5-3-6-11/h14H,3-9H2,1-2H3,(H,12,15). The van der Waals surface area contributed by atoms with Crippen molar-refractivity contribution >= 4 is 5.91 Å². The molecule has 1 aliphatic rings. The van der Waals surface area contributed by atoms with Crippen LogP contribution in [0.2, 0.25) is 0 Å². The summed E-state index contributed by atoms with van der Waals surface area (Å²) in [6, 6.07) is 0. The molecule has 15 heavy (non-hydrogen) atoms. The molecule has 0 spiro atoms. The van der Waals surface area contributed by atoms with Crippen LogP contribution in [0.15, 0.2) is 0 Å². The molecule has 2 N–H and O–H groups in total. The lowest BCUT2D eigenvalue weighted by atomic mass is 9.68. The second kappa shape index (κ2) is 5.47. The van der Waals surface area contributed by atoms with E-state index in [2.05, 4.69) is 10.2 Å². The number of hydrogen-bond donors (Lipinski definition) is 2. The molecular formula is C11H22N2O2. The lowest BCUT2D eigenvalue weighted by Crippen LogP contribution is -2.48. The van der Waals surface area contributed by atoms with Crippen LogP contribution in [0.1, 0.15) is 25.7 Å². The third-order valence-corrected chi connectivity index (χ3v) is 3.16. The smallest absolute Gasteiger partial charge is 0.228 e. The van der Waals surface area contributed by atoms with Crippen molar-refractivity contribution in [3.8, 4) is 0 Å². The van der Waals surface area contributed by atoms with Gasteiger partial charge in [-0.05, 0) is 39.9 Å². The summed E-state index contributed by atoms with van der Waals surface area (Å²) in [7, 11) is 4.03. The van der Waals surface area contributed by atoms with Gasteiger partial charge in [0.05, 0.1) is 12.0 Å². The molecule has 88 valence electrons. The maximum Gasteiger partial charge on any atom is 0.228 e. The summed E-state index contributed by atoms with van der Waals surface area (Å²) in [6.07, 6.45) is 3.69. The summed E-state index contributed by atoms with van der Waals surface area (Å²) in [5.74, 6) is 0.0370. The number of aliphatic hydroxyl groups is 1. The van der Waals surface area contributed by atoms with E-state index in [9.17, 15) is 9.90 Å². The van der Waals surface area contributed by atoms with E-state index in [1.54, 1.807) is 0 Å². The second-order valence-electron chi connectivity index (χ2n) is 4.70. The van der Waals surface area contributed by atoms with E-state index < -0.39 is 5.41 Å². The van der Waals surface area contributed by atoms with Crippen LogP contribution >= 0.6 is 0 Å². The average Bonchev–Trinajstić information content (AvgIpc) is 2.11. The Hall–Kier alpha value is -0.610. The van der Waals surface area contributed by atoms with Crippen molar-refractivity contribution in [1.82, 2.24) is 10.2 Å². The molecule has 0 unspecified atom stereocenters. The quantitative estimate of drug-likeness (QED) is 0.622. The zero-order chi connectivity index (χ0) is 11.3. The van der Waals surface area contributed by atoms with Gasteiger partial charge in [-0.2, -0.15) is 0 Å². The minimum atomic E-state index is -0.446. The normalized spacial score (nSPS) is 18.7. The summed E-state index contributed by atoms with van der Waals surface area (Å²) in [4.78, 5) is 13.8. The van der Waals surface area contributed by atoms with Crippen LogP contribution in [0, 0.1) is 5.41 Å². The number of nitrogens with zero attached hydrogens (tertiary/aromatic N) is 1. The first-order valence-electron chi connectivity index (χ1n) is 5.65. The van der Waals surface area contributed by atoms with E-state index >= 15 is 0 Å². The van der Waals surface area contributed by atoms with Crippen LogP contribution in [0.25, 0.3) is 0 Å². The minimum absolute atomic E-state index is 0.00743. The predicted molar refractivity (Wildman–Crippen MR) is 59.6 cm³/mol. The number of rotatable bonds is 6. The van der Waals surface area contributed by atoms with Gasteiger partial charge in [0.15, 0.2) is 0 Å². The molecule has 0 saturated heterocycles. The van der Waals surface area contributed by atoms with E-state index in [1.165, 1.54) is 0 Å². The molecule has 0 aromatic heterocycles. The van der Waals surface area contributed by atoms with Gasteiger partial charge in [0.25, 0.3) is 0 Å². The van der Waals surface area contributed by atoms with E-state index in [4.69, 9.17) is 0 Å². The van der Waals surface area contributed by atoms with Crippen molar-refractivity contribution in [3.63, 3.8) is 0 Å². The van der Waals surface area contributed by atoms with Gasteiger partial charge in [0.1, 0.15) is 0 Å². The zero-order valence-corrected chi connectivity index (χ0v) is 9.75. The molecule has 1 amide bonds. The van der Waals surface area contributed by atoms with Gasteiger partial charge >= 0.3 is 0 Å². The second-order valence-corrected chi connectivity index (χ2v) is 4.70. The largest absolute Gasteiger partial charge is 0.395 e. The molecule has 1 aliphatic carbocycles. The summed E-state index contributed by atoms with van der Waals surface area (Å²) in [5.41, 5.74) is -0.446. The Morgan fingerprint density at radius 2 is 2.13 bits per heavy atom. The maximum atomic E-state index is 11.7. The maximum absolute atomic E-state index is 11.7. The molecule has 0 heterocycles. The highest BCUT2D eigenvalue weighted by molar-refractivity contribution is 5.83. The molecule has 0 bridgehead atoms. The van der Waals surface area contributed by atoms with Crippen LogP contribution in [-0.2, 0) is 4.79 Å². The lowest BCUT2D eigenvalue weighted by molar-refractivity contribution is -0.139. The first-order valence-corrected chi connectivity index (χ1v) is 5.65. The predicted octanol–water partition coefficient (Wildman–Crippen LogP) is 0.217. The van der Waals surface area contributed by atoms with Gasteiger partial charge in [-0.15, -0.1) is 0 Å². The monoisotopic (exact) mass is 214 g/mol. The molecule has 0 aliphatic heterocycles. The Morgan fingerprint density at radius 3 is 2.53 bits per heavy atom. The molecule has 4 heteroatoms. The van der Waals surface area contributed by atoms with Crippen LogP contribution in [0.3, 0.4) is 0 Å². The molecule has 0 aromatic rings. The Bertz CT molecular complexity index is 207. The van der Waals surface area contributed by atoms with Gasteiger partial charge in [-0.3, -0.25) is 4.79 Å². The number of hydrogen-bond acceptors (Lipinski definition) is 3. The van der Waals surface area contributed by atoms with E-state index in [1.807, 2.05) is 14.1 Å². The van der Waals surface area contributed by atoms with E-state index in [0.29, 0.717) is 6.54 Å². The molecule has 4 nitrogen and oxygen atoms in total. The van der Waals surface area contributed by atoms with Crippen LogP contribution in [-0.4, -0.2) is 49.7 Å². The van der Waals surface area contributed by atoms with Gasteiger partial charge in [0.2, 0.25) is 5.91 Å². The fourth-order valence-corrected chi connectivity index (χ4v) is 1.85. The van der Waals surface area contributed by atoms with E-state index in [0.717, 1.165) is 32.2 Å². The molecule has 1 rings (SSSR count). The minimum Gasteiger partial charge on any atom is -0.395 e.